The molecule has 2 atom stereocenters. The molecule has 0 spiro atoms. The monoisotopic (exact) mass is 388 g/mol. The summed E-state index contributed by atoms with van der Waals surface area (Å²) in [5.41, 5.74) is 5.55. The summed E-state index contributed by atoms with van der Waals surface area (Å²) in [5.74, 6) is -1.86. The second-order valence-electron chi connectivity index (χ2n) is 6.12. The van der Waals surface area contributed by atoms with Crippen LogP contribution >= 0.6 is 12.4 Å². The van der Waals surface area contributed by atoms with Crippen LogP contribution in [-0.4, -0.2) is 29.9 Å². The van der Waals surface area contributed by atoms with Crippen molar-refractivity contribution in [3.05, 3.63) is 71.0 Å². The number of nitrogens with zero attached hydrogens (tertiary/aromatic N) is 1. The van der Waals surface area contributed by atoms with Gasteiger partial charge >= 0.3 is 6.18 Å². The summed E-state index contributed by atoms with van der Waals surface area (Å²) in [6.45, 7) is 0.484. The molecule has 1 saturated heterocycles. The van der Waals surface area contributed by atoms with E-state index < -0.39 is 23.5 Å². The number of carbonyl (C=O) groups is 1. The van der Waals surface area contributed by atoms with Gasteiger partial charge in [-0.15, -0.1) is 12.4 Å². The van der Waals surface area contributed by atoms with Gasteiger partial charge in [-0.25, -0.2) is 4.39 Å². The summed E-state index contributed by atoms with van der Waals surface area (Å²) < 4.78 is 52.0. The summed E-state index contributed by atoms with van der Waals surface area (Å²) >= 11 is 0. The number of hydrogen-bond donors (Lipinski definition) is 1. The third kappa shape index (κ3) is 4.16. The van der Waals surface area contributed by atoms with Crippen LogP contribution in [0.1, 0.15) is 27.4 Å². The Balaban J connectivity index is 0.00000243. The molecule has 2 aromatic rings. The Kier molecular flexibility index (Phi) is 5.93. The van der Waals surface area contributed by atoms with Crippen LogP contribution in [0.3, 0.4) is 0 Å². The molecule has 0 saturated carbocycles. The second-order valence-corrected chi connectivity index (χ2v) is 6.12. The SMILES string of the molecule is Cl.N[C@@H]1CN(C(=O)c2cc(F)cc(C(F)(F)F)c2)C[C@H]1c1ccccc1. The number of alkyl halides is 3. The lowest BCUT2D eigenvalue weighted by molar-refractivity contribution is -0.137. The van der Waals surface area contributed by atoms with Crippen molar-refractivity contribution in [2.45, 2.75) is 18.1 Å². The first kappa shape index (κ1) is 20.2. The van der Waals surface area contributed by atoms with Crippen LogP contribution < -0.4 is 5.73 Å². The summed E-state index contributed by atoms with van der Waals surface area (Å²) in [6.07, 6.45) is -4.72. The maximum absolute atomic E-state index is 13.5. The molecule has 1 amide bonds. The number of amides is 1. The number of benzene rings is 2. The van der Waals surface area contributed by atoms with Gasteiger partial charge in [0.1, 0.15) is 5.82 Å². The van der Waals surface area contributed by atoms with Crippen LogP contribution in [0.5, 0.6) is 0 Å². The molecule has 1 aliphatic rings. The van der Waals surface area contributed by atoms with E-state index in [0.717, 1.165) is 11.6 Å². The Bertz CT molecular complexity index is 783. The first-order valence-corrected chi connectivity index (χ1v) is 7.73. The van der Waals surface area contributed by atoms with Gasteiger partial charge in [-0.05, 0) is 23.8 Å². The molecule has 2 N–H and O–H groups in total. The van der Waals surface area contributed by atoms with Crippen molar-refractivity contribution in [2.75, 3.05) is 13.1 Å². The highest BCUT2D eigenvalue weighted by molar-refractivity contribution is 5.94. The summed E-state index contributed by atoms with van der Waals surface area (Å²) in [6, 6.07) is 10.9. The lowest BCUT2D eigenvalue weighted by atomic mass is 9.95. The third-order valence-electron chi connectivity index (χ3n) is 4.35. The van der Waals surface area contributed by atoms with E-state index in [9.17, 15) is 22.4 Å². The fourth-order valence-corrected chi connectivity index (χ4v) is 3.11. The van der Waals surface area contributed by atoms with E-state index in [2.05, 4.69) is 0 Å². The molecule has 3 nitrogen and oxygen atoms in total. The van der Waals surface area contributed by atoms with Crippen molar-refractivity contribution < 1.29 is 22.4 Å². The van der Waals surface area contributed by atoms with Crippen molar-refractivity contribution >= 4 is 18.3 Å². The maximum atomic E-state index is 13.5. The van der Waals surface area contributed by atoms with Gasteiger partial charge in [0.2, 0.25) is 0 Å². The first-order chi connectivity index (χ1) is 11.8. The van der Waals surface area contributed by atoms with Gasteiger partial charge in [-0.3, -0.25) is 4.79 Å². The van der Waals surface area contributed by atoms with Gasteiger partial charge in [0.05, 0.1) is 5.56 Å². The highest BCUT2D eigenvalue weighted by Crippen LogP contribution is 2.32. The second kappa shape index (κ2) is 7.63. The molecule has 140 valence electrons. The fraction of sp³-hybridized carbons (Fsp3) is 0.278. The zero-order chi connectivity index (χ0) is 18.2. The molecule has 2 aromatic carbocycles. The Morgan fingerprint density at radius 2 is 1.73 bits per heavy atom. The lowest BCUT2D eigenvalue weighted by Gasteiger charge is -2.17. The van der Waals surface area contributed by atoms with Gasteiger partial charge in [0, 0.05) is 30.6 Å². The molecule has 1 fully saturated rings. The molecule has 3 rings (SSSR count). The van der Waals surface area contributed by atoms with Crippen LogP contribution in [0.4, 0.5) is 17.6 Å². The van der Waals surface area contributed by atoms with E-state index in [1.165, 1.54) is 4.90 Å². The van der Waals surface area contributed by atoms with Gasteiger partial charge in [-0.2, -0.15) is 13.2 Å². The van der Waals surface area contributed by atoms with Crippen molar-refractivity contribution in [1.82, 2.24) is 4.90 Å². The van der Waals surface area contributed by atoms with Crippen molar-refractivity contribution in [2.24, 2.45) is 5.73 Å². The molecule has 0 radical (unpaired) electrons. The molecular weight excluding hydrogens is 372 g/mol. The number of halogens is 5. The van der Waals surface area contributed by atoms with Gasteiger partial charge in [-0.1, -0.05) is 30.3 Å². The van der Waals surface area contributed by atoms with E-state index in [1.54, 1.807) is 0 Å². The minimum Gasteiger partial charge on any atom is -0.336 e. The van der Waals surface area contributed by atoms with Crippen LogP contribution in [0.15, 0.2) is 48.5 Å². The molecule has 1 heterocycles. The molecule has 0 bridgehead atoms. The van der Waals surface area contributed by atoms with Crippen LogP contribution in [0.25, 0.3) is 0 Å². The average molecular weight is 389 g/mol. The largest absolute Gasteiger partial charge is 0.416 e. The van der Waals surface area contributed by atoms with Gasteiger partial charge < -0.3 is 10.6 Å². The Hall–Kier alpha value is -2.12. The summed E-state index contributed by atoms with van der Waals surface area (Å²) in [7, 11) is 0. The van der Waals surface area contributed by atoms with E-state index >= 15 is 0 Å². The third-order valence-corrected chi connectivity index (χ3v) is 4.35. The van der Waals surface area contributed by atoms with Crippen molar-refractivity contribution in [3.8, 4) is 0 Å². The van der Waals surface area contributed by atoms with E-state index in [4.69, 9.17) is 5.73 Å². The average Bonchev–Trinajstić information content (AvgIpc) is 2.95. The predicted octanol–water partition coefficient (Wildman–Crippen LogP) is 3.83. The number of hydrogen-bond acceptors (Lipinski definition) is 2. The fourth-order valence-electron chi connectivity index (χ4n) is 3.11. The van der Waals surface area contributed by atoms with E-state index in [1.807, 2.05) is 30.3 Å². The highest BCUT2D eigenvalue weighted by atomic mass is 35.5. The number of likely N-dealkylation sites (tertiary alicyclic amines) is 1. The zero-order valence-electron chi connectivity index (χ0n) is 13.5. The highest BCUT2D eigenvalue weighted by Gasteiger charge is 2.36. The summed E-state index contributed by atoms with van der Waals surface area (Å²) in [5, 5.41) is 0. The Morgan fingerprint density at radius 1 is 1.08 bits per heavy atom. The van der Waals surface area contributed by atoms with Crippen LogP contribution in [0.2, 0.25) is 0 Å². The number of rotatable bonds is 2. The van der Waals surface area contributed by atoms with Crippen molar-refractivity contribution in [3.63, 3.8) is 0 Å². The minimum atomic E-state index is -4.72. The first-order valence-electron chi connectivity index (χ1n) is 7.73. The zero-order valence-corrected chi connectivity index (χ0v) is 14.4. The quantitative estimate of drug-likeness (QED) is 0.795. The summed E-state index contributed by atoms with van der Waals surface area (Å²) in [4.78, 5) is 13.9. The molecule has 26 heavy (non-hydrogen) atoms. The van der Waals surface area contributed by atoms with E-state index in [0.29, 0.717) is 12.1 Å². The molecule has 8 heteroatoms. The molecule has 0 aromatic heterocycles. The van der Waals surface area contributed by atoms with Crippen LogP contribution in [-0.2, 0) is 6.18 Å². The van der Waals surface area contributed by atoms with Crippen LogP contribution in [0, 0.1) is 5.82 Å². The molecule has 1 aliphatic heterocycles. The van der Waals surface area contributed by atoms with Gasteiger partial charge in [0.25, 0.3) is 5.91 Å². The maximum Gasteiger partial charge on any atom is 0.416 e. The topological polar surface area (TPSA) is 46.3 Å². The standard InChI is InChI=1S/C18H16F4N2O.ClH/c19-14-7-12(6-13(8-14)18(20,21)22)17(25)24-9-15(16(23)10-24)11-4-2-1-3-5-11;/h1-8,15-16H,9-10,23H2;1H/t15-,16+;/m0./s1. The molecule has 0 aliphatic carbocycles. The van der Waals surface area contributed by atoms with E-state index in [-0.39, 0.29) is 43.0 Å². The number of nitrogens with two attached hydrogens (primary N) is 1. The van der Waals surface area contributed by atoms with Crippen molar-refractivity contribution in [1.29, 1.82) is 0 Å². The molecule has 0 unspecified atom stereocenters. The Labute approximate surface area is 154 Å². The predicted molar refractivity (Wildman–Crippen MR) is 91.7 cm³/mol. The smallest absolute Gasteiger partial charge is 0.336 e. The Morgan fingerprint density at radius 3 is 2.35 bits per heavy atom. The van der Waals surface area contributed by atoms with Gasteiger partial charge in [0.15, 0.2) is 0 Å². The normalized spacial score (nSPS) is 20.0. The molecular formula is C18H17ClF4N2O. The number of carbonyl (C=O) groups excluding carboxylic acids is 1. The lowest BCUT2D eigenvalue weighted by Crippen LogP contribution is -2.32. The minimum absolute atomic E-state index is 0.